The van der Waals surface area contributed by atoms with Crippen molar-refractivity contribution in [3.63, 3.8) is 0 Å². The molecule has 3 amide bonds. The molecule has 0 bridgehead atoms. The van der Waals surface area contributed by atoms with E-state index in [0.29, 0.717) is 26.7 Å². The number of sulfonamides is 1. The molecule has 0 aliphatic heterocycles. The number of thiazole rings is 1. The Hall–Kier alpha value is -4.06. The number of carbonyl (C=O) groups excluding carboxylic acids is 2. The van der Waals surface area contributed by atoms with Gasteiger partial charge in [0.2, 0.25) is 10.0 Å². The van der Waals surface area contributed by atoms with E-state index in [4.69, 9.17) is 5.73 Å². The van der Waals surface area contributed by atoms with Crippen molar-refractivity contribution < 1.29 is 18.0 Å². The first-order valence-corrected chi connectivity index (χ1v) is 13.9. The molecule has 0 atom stereocenters. The van der Waals surface area contributed by atoms with Crippen LogP contribution in [0.5, 0.6) is 0 Å². The predicted molar refractivity (Wildman–Crippen MR) is 150 cm³/mol. The number of benzene rings is 3. The van der Waals surface area contributed by atoms with Crippen LogP contribution in [0.15, 0.2) is 83.9 Å². The van der Waals surface area contributed by atoms with E-state index in [1.165, 1.54) is 17.4 Å². The quantitative estimate of drug-likeness (QED) is 0.247. The molecular formula is C27H27N5O4S2. The summed E-state index contributed by atoms with van der Waals surface area (Å²) in [6.45, 7) is 5.21. The van der Waals surface area contributed by atoms with Crippen LogP contribution in [-0.4, -0.2) is 30.9 Å². The van der Waals surface area contributed by atoms with Gasteiger partial charge in [0.05, 0.1) is 9.77 Å². The average Bonchev–Trinajstić information content (AvgIpc) is 3.33. The van der Waals surface area contributed by atoms with Gasteiger partial charge in [-0.3, -0.25) is 10.1 Å². The van der Waals surface area contributed by atoms with Crippen LogP contribution in [0.25, 0.3) is 21.0 Å². The predicted octanol–water partition coefficient (Wildman–Crippen LogP) is 5.10. The molecule has 5 N–H and O–H groups in total. The first kappa shape index (κ1) is 27.0. The number of anilines is 2. The Labute approximate surface area is 225 Å². The van der Waals surface area contributed by atoms with Crippen molar-refractivity contribution in [2.75, 3.05) is 11.1 Å². The fraction of sp³-hybridized carbons (Fsp3) is 0.148. The van der Waals surface area contributed by atoms with Gasteiger partial charge >= 0.3 is 6.03 Å². The van der Waals surface area contributed by atoms with Crippen LogP contribution in [0.4, 0.5) is 16.2 Å². The second-order valence-corrected chi connectivity index (χ2v) is 12.2. The third-order valence-electron chi connectivity index (χ3n) is 5.16. The molecule has 9 nitrogen and oxygen atoms in total. The normalized spacial score (nSPS) is 11.7. The van der Waals surface area contributed by atoms with E-state index in [2.05, 4.69) is 20.3 Å². The van der Waals surface area contributed by atoms with Gasteiger partial charge in [0.15, 0.2) is 0 Å². The lowest BCUT2D eigenvalue weighted by Crippen LogP contribution is -2.40. The third kappa shape index (κ3) is 6.62. The van der Waals surface area contributed by atoms with Gasteiger partial charge in [-0.25, -0.2) is 22.9 Å². The molecule has 0 saturated carbocycles. The van der Waals surface area contributed by atoms with E-state index < -0.39 is 27.5 Å². The van der Waals surface area contributed by atoms with Crippen LogP contribution in [-0.2, 0) is 10.0 Å². The van der Waals surface area contributed by atoms with Crippen LogP contribution >= 0.6 is 11.3 Å². The fourth-order valence-corrected chi connectivity index (χ4v) is 6.26. The summed E-state index contributed by atoms with van der Waals surface area (Å²) in [7, 11) is -4.01. The smallest absolute Gasteiger partial charge is 0.326 e. The van der Waals surface area contributed by atoms with E-state index in [9.17, 15) is 18.0 Å². The molecule has 3 aromatic carbocycles. The minimum absolute atomic E-state index is 0.0351. The van der Waals surface area contributed by atoms with Gasteiger partial charge < -0.3 is 11.1 Å². The number of nitrogen functional groups attached to an aromatic ring is 1. The average molecular weight is 550 g/mol. The first-order valence-electron chi connectivity index (χ1n) is 11.6. The minimum atomic E-state index is -4.01. The van der Waals surface area contributed by atoms with Crippen molar-refractivity contribution in [2.45, 2.75) is 31.2 Å². The largest absolute Gasteiger partial charge is 0.399 e. The van der Waals surface area contributed by atoms with Crippen LogP contribution in [0.3, 0.4) is 0 Å². The molecule has 0 radical (unpaired) electrons. The van der Waals surface area contributed by atoms with Crippen molar-refractivity contribution >= 4 is 44.7 Å². The van der Waals surface area contributed by atoms with E-state index in [1.54, 1.807) is 81.6 Å². The number of rotatable bonds is 6. The Morgan fingerprint density at radius 3 is 2.29 bits per heavy atom. The van der Waals surface area contributed by atoms with Gasteiger partial charge in [0.1, 0.15) is 5.01 Å². The highest BCUT2D eigenvalue weighted by atomic mass is 32.2. The SMILES string of the molecule is CC(C)(C)NS(=O)(=O)c1cc(NC(=O)NC(=O)c2ccccc2)ccc1-c1cnc(-c2ccc(N)cc2)s1. The molecule has 38 heavy (non-hydrogen) atoms. The number of hydrogen-bond acceptors (Lipinski definition) is 7. The van der Waals surface area contributed by atoms with Crippen LogP contribution in [0.2, 0.25) is 0 Å². The Balaban J connectivity index is 1.66. The highest BCUT2D eigenvalue weighted by Gasteiger charge is 2.27. The zero-order valence-electron chi connectivity index (χ0n) is 21.0. The van der Waals surface area contributed by atoms with Crippen LogP contribution < -0.4 is 21.1 Å². The number of amides is 3. The number of carbonyl (C=O) groups is 2. The molecule has 196 valence electrons. The van der Waals surface area contributed by atoms with E-state index >= 15 is 0 Å². The molecule has 0 fully saturated rings. The third-order valence-corrected chi connectivity index (χ3v) is 8.04. The lowest BCUT2D eigenvalue weighted by molar-refractivity contribution is 0.0967. The van der Waals surface area contributed by atoms with Crippen molar-refractivity contribution in [3.05, 3.63) is 84.6 Å². The van der Waals surface area contributed by atoms with Gasteiger partial charge in [0, 0.05) is 39.8 Å². The summed E-state index contributed by atoms with van der Waals surface area (Å²) in [5.41, 5.74) is 7.45. The van der Waals surface area contributed by atoms with E-state index in [1.807, 2.05) is 12.1 Å². The van der Waals surface area contributed by atoms with Gasteiger partial charge in [-0.05, 0) is 69.3 Å². The number of aromatic nitrogens is 1. The maximum Gasteiger partial charge on any atom is 0.326 e. The van der Waals surface area contributed by atoms with Crippen molar-refractivity contribution in [3.8, 4) is 21.0 Å². The summed E-state index contributed by atoms with van der Waals surface area (Å²) in [6.07, 6.45) is 1.61. The van der Waals surface area contributed by atoms with Crippen molar-refractivity contribution in [2.24, 2.45) is 0 Å². The monoisotopic (exact) mass is 549 g/mol. The zero-order chi connectivity index (χ0) is 27.5. The van der Waals surface area contributed by atoms with Crippen LogP contribution in [0.1, 0.15) is 31.1 Å². The van der Waals surface area contributed by atoms with Gasteiger partial charge in [-0.2, -0.15) is 0 Å². The summed E-state index contributed by atoms with van der Waals surface area (Å²) in [5.74, 6) is -0.582. The lowest BCUT2D eigenvalue weighted by atomic mass is 10.1. The molecule has 1 aromatic heterocycles. The highest BCUT2D eigenvalue weighted by molar-refractivity contribution is 7.89. The molecule has 1 heterocycles. The highest BCUT2D eigenvalue weighted by Crippen LogP contribution is 2.37. The molecule has 4 rings (SSSR count). The van der Waals surface area contributed by atoms with Crippen molar-refractivity contribution in [1.29, 1.82) is 0 Å². The Morgan fingerprint density at radius 2 is 1.63 bits per heavy atom. The Morgan fingerprint density at radius 1 is 0.947 bits per heavy atom. The molecule has 11 heteroatoms. The van der Waals surface area contributed by atoms with Gasteiger partial charge in [0.25, 0.3) is 5.91 Å². The van der Waals surface area contributed by atoms with E-state index in [0.717, 1.165) is 5.56 Å². The Bertz CT molecular complexity index is 1580. The topological polar surface area (TPSA) is 143 Å². The zero-order valence-corrected chi connectivity index (χ0v) is 22.6. The van der Waals surface area contributed by atoms with Crippen molar-refractivity contribution in [1.82, 2.24) is 15.0 Å². The molecule has 4 aromatic rings. The second kappa shape index (κ2) is 10.7. The summed E-state index contributed by atoms with van der Waals surface area (Å²) in [5, 5.41) is 5.49. The lowest BCUT2D eigenvalue weighted by Gasteiger charge is -2.22. The van der Waals surface area contributed by atoms with Gasteiger partial charge in [-0.15, -0.1) is 11.3 Å². The maximum absolute atomic E-state index is 13.4. The summed E-state index contributed by atoms with van der Waals surface area (Å²) < 4.78 is 29.5. The number of nitrogens with two attached hydrogens (primary N) is 1. The summed E-state index contributed by atoms with van der Waals surface area (Å²) >= 11 is 1.33. The number of urea groups is 1. The van der Waals surface area contributed by atoms with Crippen LogP contribution in [0, 0.1) is 0 Å². The maximum atomic E-state index is 13.4. The number of nitrogens with zero attached hydrogens (tertiary/aromatic N) is 1. The number of nitrogens with one attached hydrogen (secondary N) is 3. The minimum Gasteiger partial charge on any atom is -0.399 e. The fourth-order valence-electron chi connectivity index (χ4n) is 3.57. The molecular weight excluding hydrogens is 522 g/mol. The molecule has 0 unspecified atom stereocenters. The first-order chi connectivity index (χ1) is 17.9. The second-order valence-electron chi connectivity index (χ2n) is 9.49. The van der Waals surface area contributed by atoms with Gasteiger partial charge in [-0.1, -0.05) is 24.3 Å². The number of imide groups is 1. The Kier molecular flexibility index (Phi) is 7.63. The molecule has 0 saturated heterocycles. The molecule has 0 spiro atoms. The summed E-state index contributed by atoms with van der Waals surface area (Å²) in [6, 6.07) is 19.3. The number of hydrogen-bond donors (Lipinski definition) is 4. The molecule has 0 aliphatic rings. The standard InChI is InChI=1S/C27H27N5O4S2/c1-27(2,3)32-38(35,36)23-15-20(30-26(34)31-24(33)17-7-5-4-6-8-17)13-14-21(23)22-16-29-25(37-22)18-9-11-19(28)12-10-18/h4-16,32H,28H2,1-3H3,(H2,30,31,33,34). The molecule has 0 aliphatic carbocycles. The summed E-state index contributed by atoms with van der Waals surface area (Å²) in [4.78, 5) is 29.9. The van der Waals surface area contributed by atoms with E-state index in [-0.39, 0.29) is 10.6 Å².